The first-order chi connectivity index (χ1) is 14.3. The van der Waals surface area contributed by atoms with Crippen molar-refractivity contribution in [3.8, 4) is 5.75 Å². The molecule has 0 aliphatic carbocycles. The SMILES string of the molecule is CC[C@@H](C)N(CC(=O)N1CCc2sccc2[C@H]1COc1ccc(Cl)c(C)c1)C(C)=O. The first-order valence-electron chi connectivity index (χ1n) is 10.3. The quantitative estimate of drug-likeness (QED) is 0.607. The molecule has 3 rings (SSSR count). The van der Waals surface area contributed by atoms with Gasteiger partial charge in [0.25, 0.3) is 0 Å². The number of nitrogens with zero attached hydrogens (tertiary/aromatic N) is 2. The molecule has 5 nitrogen and oxygen atoms in total. The molecule has 7 heteroatoms. The van der Waals surface area contributed by atoms with Crippen molar-refractivity contribution in [2.45, 2.75) is 52.6 Å². The van der Waals surface area contributed by atoms with E-state index in [1.54, 1.807) is 16.2 Å². The Hall–Kier alpha value is -2.05. The highest BCUT2D eigenvalue weighted by Crippen LogP contribution is 2.34. The highest BCUT2D eigenvalue weighted by molar-refractivity contribution is 7.10. The number of fused-ring (bicyclic) bond motifs is 1. The van der Waals surface area contributed by atoms with Gasteiger partial charge in [0, 0.05) is 29.4 Å². The van der Waals surface area contributed by atoms with Gasteiger partial charge in [0.05, 0.1) is 12.6 Å². The number of hydrogen-bond acceptors (Lipinski definition) is 4. The number of carbonyl (C=O) groups is 2. The van der Waals surface area contributed by atoms with Crippen LogP contribution in [-0.2, 0) is 16.0 Å². The van der Waals surface area contributed by atoms with Crippen molar-refractivity contribution in [2.75, 3.05) is 19.7 Å². The van der Waals surface area contributed by atoms with Gasteiger partial charge in [-0.05, 0) is 67.5 Å². The number of ether oxygens (including phenoxy) is 1. The van der Waals surface area contributed by atoms with Crippen LogP contribution >= 0.6 is 22.9 Å². The molecule has 2 aromatic rings. The van der Waals surface area contributed by atoms with E-state index in [0.29, 0.717) is 18.2 Å². The molecular weight excluding hydrogens is 420 g/mol. The van der Waals surface area contributed by atoms with E-state index < -0.39 is 0 Å². The van der Waals surface area contributed by atoms with Gasteiger partial charge in [0.15, 0.2) is 0 Å². The Bertz CT molecular complexity index is 914. The van der Waals surface area contributed by atoms with E-state index in [4.69, 9.17) is 16.3 Å². The van der Waals surface area contributed by atoms with E-state index in [-0.39, 0.29) is 30.4 Å². The summed E-state index contributed by atoms with van der Waals surface area (Å²) < 4.78 is 6.08. The van der Waals surface area contributed by atoms with Crippen molar-refractivity contribution >= 4 is 34.8 Å². The minimum Gasteiger partial charge on any atom is -0.491 e. The van der Waals surface area contributed by atoms with Crippen molar-refractivity contribution in [1.82, 2.24) is 9.80 Å². The summed E-state index contributed by atoms with van der Waals surface area (Å²) in [6.45, 7) is 8.55. The molecule has 0 spiro atoms. The van der Waals surface area contributed by atoms with E-state index in [0.717, 1.165) is 29.7 Å². The Morgan fingerprint density at radius 3 is 2.80 bits per heavy atom. The standard InChI is InChI=1S/C23H29ClN2O3S/c1-5-16(3)26(17(4)27)13-23(28)25-10-8-22-19(9-11-30-22)21(25)14-29-18-6-7-20(24)15(2)12-18/h6-7,9,11-12,16,21H,5,8,10,13-14H2,1-4H3/t16-,21-/m1/s1. The number of amides is 2. The number of thiophene rings is 1. The molecule has 2 atom stereocenters. The highest BCUT2D eigenvalue weighted by Gasteiger charge is 2.33. The van der Waals surface area contributed by atoms with Gasteiger partial charge in [-0.15, -0.1) is 11.3 Å². The molecule has 2 heterocycles. The van der Waals surface area contributed by atoms with Crippen LogP contribution in [0.15, 0.2) is 29.6 Å². The average Bonchev–Trinajstić information content (AvgIpc) is 3.20. The monoisotopic (exact) mass is 448 g/mol. The molecular formula is C23H29ClN2O3S. The number of carbonyl (C=O) groups excluding carboxylic acids is 2. The second-order valence-electron chi connectivity index (χ2n) is 7.78. The molecule has 0 saturated heterocycles. The fourth-order valence-electron chi connectivity index (χ4n) is 3.79. The molecule has 1 aromatic heterocycles. The maximum atomic E-state index is 13.2. The van der Waals surface area contributed by atoms with Crippen LogP contribution in [0.3, 0.4) is 0 Å². The molecule has 1 aliphatic rings. The lowest BCUT2D eigenvalue weighted by Crippen LogP contribution is -2.49. The number of hydrogen-bond donors (Lipinski definition) is 0. The summed E-state index contributed by atoms with van der Waals surface area (Å²) in [6.07, 6.45) is 1.64. The van der Waals surface area contributed by atoms with Crippen LogP contribution in [0.4, 0.5) is 0 Å². The van der Waals surface area contributed by atoms with Gasteiger partial charge in [0.2, 0.25) is 11.8 Å². The Labute approximate surface area is 187 Å². The molecule has 162 valence electrons. The molecule has 0 radical (unpaired) electrons. The zero-order valence-electron chi connectivity index (χ0n) is 18.0. The first-order valence-corrected chi connectivity index (χ1v) is 11.6. The predicted molar refractivity (Wildman–Crippen MR) is 121 cm³/mol. The predicted octanol–water partition coefficient (Wildman–Crippen LogP) is 4.86. The summed E-state index contributed by atoms with van der Waals surface area (Å²) in [7, 11) is 0. The lowest BCUT2D eigenvalue weighted by molar-refractivity contribution is -0.143. The molecule has 0 saturated carbocycles. The van der Waals surface area contributed by atoms with E-state index >= 15 is 0 Å². The fourth-order valence-corrected chi connectivity index (χ4v) is 4.84. The van der Waals surface area contributed by atoms with Crippen molar-refractivity contribution in [2.24, 2.45) is 0 Å². The van der Waals surface area contributed by atoms with Gasteiger partial charge in [0.1, 0.15) is 12.4 Å². The summed E-state index contributed by atoms with van der Waals surface area (Å²) in [5.41, 5.74) is 2.09. The van der Waals surface area contributed by atoms with Gasteiger partial charge in [-0.2, -0.15) is 0 Å². The second kappa shape index (κ2) is 9.84. The first kappa shape index (κ1) is 22.6. The second-order valence-corrected chi connectivity index (χ2v) is 9.19. The number of halogens is 1. The number of rotatable bonds is 7. The van der Waals surface area contributed by atoms with Crippen molar-refractivity contribution in [1.29, 1.82) is 0 Å². The van der Waals surface area contributed by atoms with E-state index in [2.05, 4.69) is 11.4 Å². The van der Waals surface area contributed by atoms with Crippen molar-refractivity contribution in [3.05, 3.63) is 50.7 Å². The Balaban J connectivity index is 1.79. The summed E-state index contributed by atoms with van der Waals surface area (Å²) in [4.78, 5) is 30.2. The number of benzene rings is 1. The van der Waals surface area contributed by atoms with E-state index in [1.165, 1.54) is 11.8 Å². The van der Waals surface area contributed by atoms with Crippen LogP contribution in [0.5, 0.6) is 5.75 Å². The largest absolute Gasteiger partial charge is 0.491 e. The summed E-state index contributed by atoms with van der Waals surface area (Å²) >= 11 is 7.84. The lowest BCUT2D eigenvalue weighted by Gasteiger charge is -2.37. The van der Waals surface area contributed by atoms with Crippen LogP contribution in [0.25, 0.3) is 0 Å². The Morgan fingerprint density at radius 1 is 1.37 bits per heavy atom. The maximum absolute atomic E-state index is 13.2. The van der Waals surface area contributed by atoms with Crippen LogP contribution in [0, 0.1) is 6.92 Å². The number of aryl methyl sites for hydroxylation is 1. The molecule has 0 bridgehead atoms. The lowest BCUT2D eigenvalue weighted by atomic mass is 10.00. The van der Waals surface area contributed by atoms with Crippen LogP contribution in [0.2, 0.25) is 5.02 Å². The summed E-state index contributed by atoms with van der Waals surface area (Å²) in [5, 5.41) is 2.77. The molecule has 1 aromatic carbocycles. The van der Waals surface area contributed by atoms with Gasteiger partial charge in [-0.3, -0.25) is 9.59 Å². The average molecular weight is 449 g/mol. The smallest absolute Gasteiger partial charge is 0.242 e. The molecule has 0 unspecified atom stereocenters. The normalized spacial score (nSPS) is 16.7. The van der Waals surface area contributed by atoms with E-state index in [9.17, 15) is 9.59 Å². The van der Waals surface area contributed by atoms with Gasteiger partial charge >= 0.3 is 0 Å². The minimum atomic E-state index is -0.172. The van der Waals surface area contributed by atoms with Crippen molar-refractivity contribution < 1.29 is 14.3 Å². The topological polar surface area (TPSA) is 49.9 Å². The Kier molecular flexibility index (Phi) is 7.42. The third kappa shape index (κ3) is 4.98. The zero-order valence-corrected chi connectivity index (χ0v) is 19.6. The summed E-state index contributed by atoms with van der Waals surface area (Å²) in [6, 6.07) is 7.51. The minimum absolute atomic E-state index is 0.0275. The van der Waals surface area contributed by atoms with E-state index in [1.807, 2.05) is 43.9 Å². The molecule has 0 N–H and O–H groups in total. The molecule has 2 amide bonds. The molecule has 30 heavy (non-hydrogen) atoms. The van der Waals surface area contributed by atoms with Gasteiger partial charge in [-0.1, -0.05) is 18.5 Å². The van der Waals surface area contributed by atoms with Crippen molar-refractivity contribution in [3.63, 3.8) is 0 Å². The van der Waals surface area contributed by atoms with Gasteiger partial charge < -0.3 is 14.5 Å². The summed E-state index contributed by atoms with van der Waals surface area (Å²) in [5.74, 6) is 0.621. The van der Waals surface area contributed by atoms with Crippen LogP contribution in [-0.4, -0.2) is 47.4 Å². The van der Waals surface area contributed by atoms with Crippen LogP contribution in [0.1, 0.15) is 49.2 Å². The maximum Gasteiger partial charge on any atom is 0.242 e. The molecule has 1 aliphatic heterocycles. The Morgan fingerprint density at radius 2 is 2.13 bits per heavy atom. The zero-order chi connectivity index (χ0) is 21.8. The molecule has 0 fully saturated rings. The highest BCUT2D eigenvalue weighted by atomic mass is 35.5. The third-order valence-electron chi connectivity index (χ3n) is 5.79. The van der Waals surface area contributed by atoms with Crippen LogP contribution < -0.4 is 4.74 Å². The third-order valence-corrected chi connectivity index (χ3v) is 7.21. The fraction of sp³-hybridized carbons (Fsp3) is 0.478. The van der Waals surface area contributed by atoms with Gasteiger partial charge in [-0.25, -0.2) is 0 Å².